The number of carbonyl (C=O) groups is 4. The first-order valence-corrected chi connectivity index (χ1v) is 13.2. The summed E-state index contributed by atoms with van der Waals surface area (Å²) >= 11 is 4.03. The van der Waals surface area contributed by atoms with Crippen molar-refractivity contribution in [1.82, 2.24) is 20.9 Å². The van der Waals surface area contributed by atoms with Crippen molar-refractivity contribution in [3.8, 4) is 0 Å². The van der Waals surface area contributed by atoms with Gasteiger partial charge in [0.25, 0.3) is 0 Å². The Balaban J connectivity index is 2.20. The van der Waals surface area contributed by atoms with E-state index < -0.39 is 47.9 Å². The van der Waals surface area contributed by atoms with Crippen LogP contribution < -0.4 is 21.7 Å². The Hall–Kier alpha value is -3.05. The molecule has 2 rings (SSSR count). The van der Waals surface area contributed by atoms with Crippen LogP contribution >= 0.6 is 12.6 Å². The topological polar surface area (TPSA) is 166 Å². The molecule has 204 valence electrons. The van der Waals surface area contributed by atoms with Crippen LogP contribution in [-0.4, -0.2) is 63.7 Å². The number of thiol groups is 1. The highest BCUT2D eigenvalue weighted by Gasteiger charge is 2.32. The molecule has 10 nitrogen and oxygen atoms in total. The second kappa shape index (κ2) is 14.0. The van der Waals surface area contributed by atoms with Crippen LogP contribution in [0.5, 0.6) is 0 Å². The molecule has 0 saturated carbocycles. The number of hydrogen-bond acceptors (Lipinski definition) is 6. The van der Waals surface area contributed by atoms with Crippen LogP contribution in [0.3, 0.4) is 0 Å². The predicted octanol–water partition coefficient (Wildman–Crippen LogP) is 1.60. The van der Waals surface area contributed by atoms with Crippen LogP contribution in [0.4, 0.5) is 0 Å². The van der Waals surface area contributed by atoms with Gasteiger partial charge in [-0.15, -0.1) is 0 Å². The van der Waals surface area contributed by atoms with Gasteiger partial charge in [0.05, 0.1) is 6.04 Å². The zero-order valence-electron chi connectivity index (χ0n) is 21.8. The summed E-state index contributed by atoms with van der Waals surface area (Å²) in [4.78, 5) is 54.0. The summed E-state index contributed by atoms with van der Waals surface area (Å²) in [5, 5.41) is 18.7. The highest BCUT2D eigenvalue weighted by molar-refractivity contribution is 7.80. The molecule has 0 aliphatic carbocycles. The fourth-order valence-corrected chi connectivity index (χ4v) is 4.17. The molecule has 0 fully saturated rings. The predicted molar refractivity (Wildman–Crippen MR) is 146 cm³/mol. The Labute approximate surface area is 222 Å². The molecular weight excluding hydrogens is 494 g/mol. The number of nitrogens with one attached hydrogen (secondary N) is 4. The number of benzene rings is 1. The summed E-state index contributed by atoms with van der Waals surface area (Å²) in [6.45, 7) is 7.49. The molecule has 0 radical (unpaired) electrons. The number of H-pyrrole nitrogens is 1. The van der Waals surface area contributed by atoms with Gasteiger partial charge in [0.2, 0.25) is 17.7 Å². The Morgan fingerprint density at radius 2 is 1.65 bits per heavy atom. The Morgan fingerprint density at radius 1 is 1.00 bits per heavy atom. The van der Waals surface area contributed by atoms with Gasteiger partial charge < -0.3 is 31.8 Å². The zero-order chi connectivity index (χ0) is 27.7. The van der Waals surface area contributed by atoms with Crippen LogP contribution in [0, 0.1) is 11.8 Å². The fraction of sp³-hybridized carbons (Fsp3) is 0.538. The Bertz CT molecular complexity index is 1090. The molecule has 0 saturated heterocycles. The minimum absolute atomic E-state index is 0.0298. The number of aliphatic carboxylic acids is 1. The van der Waals surface area contributed by atoms with Gasteiger partial charge in [-0.25, -0.2) is 4.79 Å². The lowest BCUT2D eigenvalue weighted by Crippen LogP contribution is -2.59. The molecule has 1 heterocycles. The minimum atomic E-state index is -1.20. The maximum absolute atomic E-state index is 13.2. The van der Waals surface area contributed by atoms with Crippen molar-refractivity contribution in [1.29, 1.82) is 0 Å². The van der Waals surface area contributed by atoms with E-state index in [1.54, 1.807) is 6.20 Å². The Kier molecular flexibility index (Phi) is 11.4. The van der Waals surface area contributed by atoms with E-state index in [0.717, 1.165) is 16.5 Å². The van der Waals surface area contributed by atoms with E-state index in [1.807, 2.05) is 52.0 Å². The van der Waals surface area contributed by atoms with E-state index in [0.29, 0.717) is 6.42 Å². The van der Waals surface area contributed by atoms with Crippen LogP contribution in [0.15, 0.2) is 30.5 Å². The average Bonchev–Trinajstić information content (AvgIpc) is 3.27. The summed E-state index contributed by atoms with van der Waals surface area (Å²) in [5.74, 6) is -2.90. The maximum atomic E-state index is 13.2. The largest absolute Gasteiger partial charge is 0.480 e. The summed E-state index contributed by atoms with van der Waals surface area (Å²) < 4.78 is 0. The first kappa shape index (κ1) is 30.2. The van der Waals surface area contributed by atoms with Crippen molar-refractivity contribution in [3.05, 3.63) is 36.0 Å². The third-order valence-corrected chi connectivity index (χ3v) is 6.77. The lowest BCUT2D eigenvalue weighted by atomic mass is 9.96. The van der Waals surface area contributed by atoms with Gasteiger partial charge in [-0.1, -0.05) is 52.3 Å². The number of fused-ring (bicyclic) bond motifs is 1. The molecule has 1 aromatic heterocycles. The van der Waals surface area contributed by atoms with Crippen molar-refractivity contribution in [2.45, 2.75) is 71.1 Å². The SMILES string of the molecule is CCC(C)C(NC(=O)C(N)CS)C(=O)NC(CC(C)C)C(=O)NC(Cc1c[nH]c2ccccc12)C(=O)O. The standard InChI is InChI=1S/C26H39N5O5S/c1-5-15(4)22(31-23(32)18(27)13-37)25(34)29-20(10-14(2)3)24(33)30-21(26(35)36)11-16-12-28-19-9-7-6-8-17(16)19/h6-9,12,14-15,18,20-22,28,37H,5,10-11,13,27H2,1-4H3,(H,29,34)(H,30,33)(H,31,32)(H,35,36). The lowest BCUT2D eigenvalue weighted by molar-refractivity contribution is -0.142. The van der Waals surface area contributed by atoms with Gasteiger partial charge >= 0.3 is 5.97 Å². The number of hydrogen-bond donors (Lipinski definition) is 7. The van der Waals surface area contributed by atoms with Crippen molar-refractivity contribution in [2.75, 3.05) is 5.75 Å². The van der Waals surface area contributed by atoms with Gasteiger partial charge in [0.15, 0.2) is 0 Å². The van der Waals surface area contributed by atoms with E-state index in [1.165, 1.54) is 0 Å². The van der Waals surface area contributed by atoms with Crippen LogP contribution in [-0.2, 0) is 25.6 Å². The van der Waals surface area contributed by atoms with Gasteiger partial charge in [-0.2, -0.15) is 12.6 Å². The second-order valence-corrected chi connectivity index (χ2v) is 10.2. The molecule has 5 atom stereocenters. The third kappa shape index (κ3) is 8.50. The smallest absolute Gasteiger partial charge is 0.326 e. The normalized spacial score (nSPS) is 15.4. The molecule has 0 spiro atoms. The molecule has 37 heavy (non-hydrogen) atoms. The quantitative estimate of drug-likeness (QED) is 0.182. The first-order chi connectivity index (χ1) is 17.5. The van der Waals surface area contributed by atoms with Crippen molar-refractivity contribution in [3.63, 3.8) is 0 Å². The van der Waals surface area contributed by atoms with E-state index in [-0.39, 0.29) is 30.4 Å². The summed E-state index contributed by atoms with van der Waals surface area (Å²) in [6, 6.07) is 3.53. The van der Waals surface area contributed by atoms with Crippen molar-refractivity contribution in [2.24, 2.45) is 17.6 Å². The highest BCUT2D eigenvalue weighted by Crippen LogP contribution is 2.19. The Morgan fingerprint density at radius 3 is 2.24 bits per heavy atom. The van der Waals surface area contributed by atoms with Crippen LogP contribution in [0.1, 0.15) is 46.1 Å². The van der Waals surface area contributed by atoms with Crippen LogP contribution in [0.2, 0.25) is 0 Å². The van der Waals surface area contributed by atoms with Gasteiger partial charge in [0, 0.05) is 29.3 Å². The number of rotatable bonds is 14. The van der Waals surface area contributed by atoms with Gasteiger partial charge in [-0.3, -0.25) is 14.4 Å². The third-order valence-electron chi connectivity index (χ3n) is 6.38. The van der Waals surface area contributed by atoms with Crippen molar-refractivity contribution < 1.29 is 24.3 Å². The number of aromatic amines is 1. The van der Waals surface area contributed by atoms with Gasteiger partial charge in [-0.05, 0) is 29.9 Å². The summed E-state index contributed by atoms with van der Waals surface area (Å²) in [5.41, 5.74) is 7.38. The number of amides is 3. The fourth-order valence-electron chi connectivity index (χ4n) is 4.00. The monoisotopic (exact) mass is 533 g/mol. The number of carboxylic acids is 1. The molecule has 1 aromatic carbocycles. The molecule has 11 heteroatoms. The van der Waals surface area contributed by atoms with Crippen molar-refractivity contribution >= 4 is 47.2 Å². The van der Waals surface area contributed by atoms with E-state index in [9.17, 15) is 24.3 Å². The zero-order valence-corrected chi connectivity index (χ0v) is 22.7. The molecule has 5 unspecified atom stereocenters. The molecular formula is C26H39N5O5S. The van der Waals surface area contributed by atoms with E-state index in [4.69, 9.17) is 5.73 Å². The number of para-hydroxylation sites is 1. The molecule has 2 aromatic rings. The highest BCUT2D eigenvalue weighted by atomic mass is 32.1. The number of carboxylic acid groups (broad SMARTS) is 1. The second-order valence-electron chi connectivity index (χ2n) is 9.81. The molecule has 0 aliphatic rings. The molecule has 0 aliphatic heterocycles. The molecule has 7 N–H and O–H groups in total. The summed E-state index contributed by atoms with van der Waals surface area (Å²) in [6.07, 6.45) is 2.69. The number of aromatic nitrogens is 1. The lowest BCUT2D eigenvalue weighted by Gasteiger charge is -2.28. The van der Waals surface area contributed by atoms with Crippen LogP contribution in [0.25, 0.3) is 10.9 Å². The van der Waals surface area contributed by atoms with E-state index in [2.05, 4.69) is 33.6 Å². The first-order valence-electron chi connectivity index (χ1n) is 12.5. The number of carbonyl (C=O) groups excluding carboxylic acids is 3. The molecule has 3 amide bonds. The molecule has 0 bridgehead atoms. The number of nitrogens with two attached hydrogens (primary N) is 1. The van der Waals surface area contributed by atoms with E-state index >= 15 is 0 Å². The maximum Gasteiger partial charge on any atom is 0.326 e. The summed E-state index contributed by atoms with van der Waals surface area (Å²) in [7, 11) is 0. The minimum Gasteiger partial charge on any atom is -0.480 e. The van der Waals surface area contributed by atoms with Gasteiger partial charge in [0.1, 0.15) is 18.1 Å². The average molecular weight is 534 g/mol.